The maximum atomic E-state index is 12.1. The van der Waals surface area contributed by atoms with Gasteiger partial charge in [-0.05, 0) is 43.4 Å². The van der Waals surface area contributed by atoms with E-state index in [0.717, 1.165) is 31.1 Å². The number of carbonyl (C=O) groups is 1. The van der Waals surface area contributed by atoms with Gasteiger partial charge in [0.05, 0.1) is 0 Å². The molecule has 0 saturated heterocycles. The smallest absolute Gasteiger partial charge is 0.139 e. The third-order valence-corrected chi connectivity index (χ3v) is 4.06. The minimum Gasteiger partial charge on any atom is -0.299 e. The van der Waals surface area contributed by atoms with Crippen molar-refractivity contribution in [2.24, 2.45) is 29.6 Å². The lowest BCUT2D eigenvalue weighted by Gasteiger charge is -2.30. The van der Waals surface area contributed by atoms with E-state index in [1.54, 1.807) is 0 Å². The molecule has 4 unspecified atom stereocenters. The summed E-state index contributed by atoms with van der Waals surface area (Å²) in [6.07, 6.45) is 4.81. The highest BCUT2D eigenvalue weighted by atomic mass is 16.1. The molecule has 1 heteroatoms. The predicted octanol–water partition coefficient (Wildman–Crippen LogP) is 3.28. The molecule has 0 bridgehead atoms. The van der Waals surface area contributed by atoms with Gasteiger partial charge in [-0.15, -0.1) is 0 Å². The van der Waals surface area contributed by atoms with E-state index in [-0.39, 0.29) is 0 Å². The van der Waals surface area contributed by atoms with Gasteiger partial charge in [0.1, 0.15) is 5.78 Å². The summed E-state index contributed by atoms with van der Waals surface area (Å²) in [7, 11) is 0. The molecule has 0 aromatic carbocycles. The second-order valence-corrected chi connectivity index (χ2v) is 5.84. The average Bonchev–Trinajstić information content (AvgIpc) is 2.79. The molecular formula is C13H22O. The van der Waals surface area contributed by atoms with E-state index in [0.29, 0.717) is 23.5 Å². The first-order valence-corrected chi connectivity index (χ1v) is 6.11. The van der Waals surface area contributed by atoms with Crippen LogP contribution in [-0.2, 0) is 4.79 Å². The van der Waals surface area contributed by atoms with E-state index in [1.807, 2.05) is 0 Å². The lowest BCUT2D eigenvalue weighted by molar-refractivity contribution is -0.126. The van der Waals surface area contributed by atoms with Crippen molar-refractivity contribution >= 4 is 5.78 Å². The molecule has 2 aliphatic rings. The largest absolute Gasteiger partial charge is 0.299 e. The molecule has 1 nitrogen and oxygen atoms in total. The summed E-state index contributed by atoms with van der Waals surface area (Å²) in [5, 5.41) is 0. The fraction of sp³-hybridized carbons (Fsp3) is 0.923. The van der Waals surface area contributed by atoms with Crippen molar-refractivity contribution in [1.82, 2.24) is 0 Å². The molecular weight excluding hydrogens is 172 g/mol. The standard InChI is InChI=1S/C13H22O/c1-8-4-9(2)6-11(5-8)13(14)12-7-10(12)3/h8-12H,4-7H2,1-3H3. The Kier molecular flexibility index (Phi) is 2.68. The Labute approximate surface area is 87.3 Å². The van der Waals surface area contributed by atoms with Crippen molar-refractivity contribution in [3.63, 3.8) is 0 Å². The first kappa shape index (κ1) is 10.2. The van der Waals surface area contributed by atoms with Crippen LogP contribution in [0.5, 0.6) is 0 Å². The SMILES string of the molecule is CC1CC(C)CC(C(=O)C2CC2C)C1. The first-order chi connectivity index (χ1) is 6.58. The van der Waals surface area contributed by atoms with Crippen LogP contribution >= 0.6 is 0 Å². The quantitative estimate of drug-likeness (QED) is 0.659. The van der Waals surface area contributed by atoms with Crippen molar-refractivity contribution in [1.29, 1.82) is 0 Å². The Balaban J connectivity index is 1.93. The van der Waals surface area contributed by atoms with E-state index in [1.165, 1.54) is 6.42 Å². The van der Waals surface area contributed by atoms with Gasteiger partial charge in [0.2, 0.25) is 0 Å². The predicted molar refractivity (Wildman–Crippen MR) is 57.9 cm³/mol. The third kappa shape index (κ3) is 2.02. The molecule has 0 aromatic heterocycles. The third-order valence-electron chi connectivity index (χ3n) is 4.06. The summed E-state index contributed by atoms with van der Waals surface area (Å²) >= 11 is 0. The molecule has 0 spiro atoms. The molecule has 2 rings (SSSR count). The van der Waals surface area contributed by atoms with E-state index in [4.69, 9.17) is 0 Å². The Morgan fingerprint density at radius 2 is 1.43 bits per heavy atom. The molecule has 0 amide bonds. The van der Waals surface area contributed by atoms with Crippen LogP contribution in [0.2, 0.25) is 0 Å². The van der Waals surface area contributed by atoms with E-state index >= 15 is 0 Å². The molecule has 2 saturated carbocycles. The summed E-state index contributed by atoms with van der Waals surface area (Å²) < 4.78 is 0. The fourth-order valence-electron chi connectivity index (χ4n) is 3.20. The Morgan fingerprint density at radius 1 is 0.929 bits per heavy atom. The summed E-state index contributed by atoms with van der Waals surface area (Å²) in [6, 6.07) is 0. The topological polar surface area (TPSA) is 17.1 Å². The van der Waals surface area contributed by atoms with Gasteiger partial charge < -0.3 is 0 Å². The Hall–Kier alpha value is -0.330. The zero-order valence-corrected chi connectivity index (χ0v) is 9.62. The molecule has 0 N–H and O–H groups in total. The van der Waals surface area contributed by atoms with Gasteiger partial charge in [-0.25, -0.2) is 0 Å². The number of hydrogen-bond donors (Lipinski definition) is 0. The van der Waals surface area contributed by atoms with Crippen molar-refractivity contribution in [3.8, 4) is 0 Å². The van der Waals surface area contributed by atoms with Gasteiger partial charge in [-0.2, -0.15) is 0 Å². The van der Waals surface area contributed by atoms with Crippen LogP contribution in [0.1, 0.15) is 46.5 Å². The van der Waals surface area contributed by atoms with E-state index in [2.05, 4.69) is 20.8 Å². The maximum Gasteiger partial charge on any atom is 0.139 e. The summed E-state index contributed by atoms with van der Waals surface area (Å²) in [6.45, 7) is 6.80. The van der Waals surface area contributed by atoms with Crippen LogP contribution in [-0.4, -0.2) is 5.78 Å². The zero-order valence-electron chi connectivity index (χ0n) is 9.62. The molecule has 2 aliphatic carbocycles. The molecule has 0 aromatic rings. The number of rotatable bonds is 2. The molecule has 2 fully saturated rings. The van der Waals surface area contributed by atoms with Gasteiger partial charge >= 0.3 is 0 Å². The number of carbonyl (C=O) groups excluding carboxylic acids is 1. The summed E-state index contributed by atoms with van der Waals surface area (Å²) in [5.41, 5.74) is 0. The van der Waals surface area contributed by atoms with Crippen molar-refractivity contribution in [2.75, 3.05) is 0 Å². The molecule has 0 radical (unpaired) electrons. The average molecular weight is 194 g/mol. The van der Waals surface area contributed by atoms with Crippen LogP contribution in [0, 0.1) is 29.6 Å². The molecule has 80 valence electrons. The molecule has 0 heterocycles. The van der Waals surface area contributed by atoms with Crippen molar-refractivity contribution in [2.45, 2.75) is 46.5 Å². The van der Waals surface area contributed by atoms with E-state index in [9.17, 15) is 4.79 Å². The van der Waals surface area contributed by atoms with Gasteiger partial charge in [0, 0.05) is 11.8 Å². The van der Waals surface area contributed by atoms with Gasteiger partial charge in [-0.3, -0.25) is 4.79 Å². The van der Waals surface area contributed by atoms with E-state index < -0.39 is 0 Å². The zero-order chi connectivity index (χ0) is 10.3. The number of hydrogen-bond acceptors (Lipinski definition) is 1. The summed E-state index contributed by atoms with van der Waals surface area (Å²) in [4.78, 5) is 12.1. The lowest BCUT2D eigenvalue weighted by Crippen LogP contribution is -2.27. The Bertz CT molecular complexity index is 223. The fourth-order valence-corrected chi connectivity index (χ4v) is 3.20. The minimum absolute atomic E-state index is 0.406. The number of Topliss-reactive ketones (excluding diaryl/α,β-unsaturated/α-hetero) is 1. The van der Waals surface area contributed by atoms with Crippen LogP contribution in [0.25, 0.3) is 0 Å². The summed E-state index contributed by atoms with van der Waals surface area (Å²) in [5.74, 6) is 3.66. The Morgan fingerprint density at radius 3 is 1.86 bits per heavy atom. The van der Waals surface area contributed by atoms with Gasteiger partial charge in [0.15, 0.2) is 0 Å². The van der Waals surface area contributed by atoms with Gasteiger partial charge in [-0.1, -0.05) is 20.8 Å². The van der Waals surface area contributed by atoms with Crippen molar-refractivity contribution < 1.29 is 4.79 Å². The second kappa shape index (κ2) is 3.67. The number of ketones is 1. The van der Waals surface area contributed by atoms with Crippen LogP contribution in [0.15, 0.2) is 0 Å². The normalized spacial score (nSPS) is 47.5. The van der Waals surface area contributed by atoms with Crippen LogP contribution in [0.3, 0.4) is 0 Å². The van der Waals surface area contributed by atoms with Crippen molar-refractivity contribution in [3.05, 3.63) is 0 Å². The lowest BCUT2D eigenvalue weighted by atomic mass is 9.74. The molecule has 4 atom stereocenters. The highest BCUT2D eigenvalue weighted by Crippen LogP contribution is 2.44. The second-order valence-electron chi connectivity index (χ2n) is 5.84. The van der Waals surface area contributed by atoms with Gasteiger partial charge in [0.25, 0.3) is 0 Å². The molecule has 0 aliphatic heterocycles. The highest BCUT2D eigenvalue weighted by molar-refractivity contribution is 5.86. The highest BCUT2D eigenvalue weighted by Gasteiger charge is 2.43. The van der Waals surface area contributed by atoms with Crippen LogP contribution < -0.4 is 0 Å². The minimum atomic E-state index is 0.406. The molecule has 14 heavy (non-hydrogen) atoms. The van der Waals surface area contributed by atoms with Crippen LogP contribution in [0.4, 0.5) is 0 Å². The first-order valence-electron chi connectivity index (χ1n) is 6.11. The maximum absolute atomic E-state index is 12.1. The monoisotopic (exact) mass is 194 g/mol.